The van der Waals surface area contributed by atoms with E-state index in [-0.39, 0.29) is 0 Å². The molecule has 2 saturated carbocycles. The van der Waals surface area contributed by atoms with Crippen LogP contribution in [0.15, 0.2) is 12.3 Å². The topological polar surface area (TPSA) is 29.9 Å². The van der Waals surface area contributed by atoms with Crippen LogP contribution in [0.5, 0.6) is 0 Å². The third-order valence-electron chi connectivity index (χ3n) is 5.11. The molecule has 1 heterocycles. The molecule has 1 aromatic heterocycles. The predicted molar refractivity (Wildman–Crippen MR) is 78.2 cm³/mol. The van der Waals surface area contributed by atoms with Crippen molar-refractivity contribution in [1.82, 2.24) is 15.1 Å². The maximum atomic E-state index is 4.83. The van der Waals surface area contributed by atoms with Crippen molar-refractivity contribution in [2.75, 3.05) is 6.54 Å². The molecule has 0 amide bonds. The summed E-state index contributed by atoms with van der Waals surface area (Å²) in [6.07, 6.45) is 11.4. The Kier molecular flexibility index (Phi) is 3.66. The van der Waals surface area contributed by atoms with Gasteiger partial charge in [-0.2, -0.15) is 5.10 Å². The molecule has 3 rings (SSSR count). The molecule has 0 spiro atoms. The molecule has 1 unspecified atom stereocenters. The van der Waals surface area contributed by atoms with Crippen LogP contribution in [0.2, 0.25) is 0 Å². The van der Waals surface area contributed by atoms with Crippen LogP contribution in [0.4, 0.5) is 0 Å². The molecule has 19 heavy (non-hydrogen) atoms. The van der Waals surface area contributed by atoms with Gasteiger partial charge in [-0.15, -0.1) is 0 Å². The zero-order valence-electron chi connectivity index (χ0n) is 12.4. The molecule has 3 nitrogen and oxygen atoms in total. The van der Waals surface area contributed by atoms with E-state index >= 15 is 0 Å². The van der Waals surface area contributed by atoms with E-state index in [1.165, 1.54) is 44.2 Å². The van der Waals surface area contributed by atoms with Gasteiger partial charge in [-0.25, -0.2) is 0 Å². The zero-order chi connectivity index (χ0) is 13.3. The summed E-state index contributed by atoms with van der Waals surface area (Å²) in [5.41, 5.74) is 1.79. The Balaban J connectivity index is 1.65. The van der Waals surface area contributed by atoms with E-state index in [4.69, 9.17) is 5.10 Å². The summed E-state index contributed by atoms with van der Waals surface area (Å²) >= 11 is 0. The normalized spacial score (nSPS) is 23.7. The molecule has 106 valence electrons. The van der Waals surface area contributed by atoms with Crippen molar-refractivity contribution in [2.45, 2.75) is 70.9 Å². The summed E-state index contributed by atoms with van der Waals surface area (Å²) in [7, 11) is 0. The second-order valence-corrected chi connectivity index (χ2v) is 6.69. The van der Waals surface area contributed by atoms with Crippen molar-refractivity contribution in [1.29, 1.82) is 0 Å². The first-order valence-electron chi connectivity index (χ1n) is 7.99. The molecule has 3 heteroatoms. The number of aromatic nitrogens is 2. The molecule has 2 fully saturated rings. The average Bonchev–Trinajstić information content (AvgIpc) is 2.88. The Labute approximate surface area is 116 Å². The lowest BCUT2D eigenvalue weighted by Gasteiger charge is -2.23. The van der Waals surface area contributed by atoms with E-state index < -0.39 is 0 Å². The maximum Gasteiger partial charge on any atom is 0.0640 e. The molecule has 0 aromatic carbocycles. The predicted octanol–water partition coefficient (Wildman–Crippen LogP) is 3.32. The minimum Gasteiger partial charge on any atom is -0.313 e. The van der Waals surface area contributed by atoms with Gasteiger partial charge in [0.1, 0.15) is 0 Å². The molecule has 1 atom stereocenters. The van der Waals surface area contributed by atoms with E-state index in [2.05, 4.69) is 36.1 Å². The van der Waals surface area contributed by atoms with Crippen molar-refractivity contribution >= 4 is 0 Å². The number of nitrogens with zero attached hydrogens (tertiary/aromatic N) is 2. The van der Waals surface area contributed by atoms with Crippen molar-refractivity contribution in [3.63, 3.8) is 0 Å². The Bertz CT molecular complexity index is 413. The van der Waals surface area contributed by atoms with Gasteiger partial charge >= 0.3 is 0 Å². The Morgan fingerprint density at radius 2 is 2.16 bits per heavy atom. The lowest BCUT2D eigenvalue weighted by atomic mass is 9.94. The fraction of sp³-hybridized carbons (Fsp3) is 0.812. The number of rotatable bonds is 6. The highest BCUT2D eigenvalue weighted by Gasteiger charge is 2.44. The first-order valence-corrected chi connectivity index (χ1v) is 7.99. The Hall–Kier alpha value is -0.830. The molecule has 0 saturated heterocycles. The Morgan fingerprint density at radius 3 is 2.79 bits per heavy atom. The van der Waals surface area contributed by atoms with Gasteiger partial charge in [0.25, 0.3) is 0 Å². The first-order chi connectivity index (χ1) is 9.21. The summed E-state index contributed by atoms with van der Waals surface area (Å²) in [5.74, 6) is 0. The fourth-order valence-corrected chi connectivity index (χ4v) is 3.42. The highest BCUT2D eigenvalue weighted by atomic mass is 15.3. The highest BCUT2D eigenvalue weighted by molar-refractivity contribution is 5.08. The van der Waals surface area contributed by atoms with E-state index in [0.29, 0.717) is 17.5 Å². The lowest BCUT2D eigenvalue weighted by molar-refractivity contribution is 0.355. The lowest BCUT2D eigenvalue weighted by Crippen LogP contribution is -2.38. The molecular weight excluding hydrogens is 234 g/mol. The number of hydrogen-bond acceptors (Lipinski definition) is 2. The van der Waals surface area contributed by atoms with Gasteiger partial charge in [-0.3, -0.25) is 4.68 Å². The second kappa shape index (κ2) is 5.28. The van der Waals surface area contributed by atoms with Crippen LogP contribution in [-0.2, 0) is 6.42 Å². The maximum absolute atomic E-state index is 4.83. The van der Waals surface area contributed by atoms with Crippen LogP contribution in [0, 0.1) is 5.41 Å². The summed E-state index contributed by atoms with van der Waals surface area (Å²) in [6.45, 7) is 5.67. The molecule has 0 radical (unpaired) electrons. The van der Waals surface area contributed by atoms with Crippen LogP contribution in [0.1, 0.15) is 64.1 Å². The summed E-state index contributed by atoms with van der Waals surface area (Å²) in [4.78, 5) is 0. The van der Waals surface area contributed by atoms with Crippen molar-refractivity contribution in [3.8, 4) is 0 Å². The second-order valence-electron chi connectivity index (χ2n) is 6.69. The minimum absolute atomic E-state index is 0.521. The molecule has 2 aliphatic rings. The van der Waals surface area contributed by atoms with E-state index in [9.17, 15) is 0 Å². The quantitative estimate of drug-likeness (QED) is 0.851. The smallest absolute Gasteiger partial charge is 0.0640 e. The molecule has 2 aliphatic carbocycles. The zero-order valence-corrected chi connectivity index (χ0v) is 12.4. The molecule has 0 aliphatic heterocycles. The van der Waals surface area contributed by atoms with Crippen LogP contribution >= 0.6 is 0 Å². The average molecular weight is 261 g/mol. The number of nitrogens with one attached hydrogen (secondary N) is 1. The highest BCUT2D eigenvalue weighted by Crippen LogP contribution is 2.48. The van der Waals surface area contributed by atoms with Crippen molar-refractivity contribution in [3.05, 3.63) is 18.0 Å². The SMILES string of the molecule is CCNC(Cc1ccn(C2CCCC2)n1)C1(C)CC1. The number of likely N-dealkylation sites (N-methyl/N-ethyl adjacent to an activating group) is 1. The van der Waals surface area contributed by atoms with E-state index in [1.807, 2.05) is 0 Å². The summed E-state index contributed by atoms with van der Waals surface area (Å²) in [5, 5.41) is 8.50. The van der Waals surface area contributed by atoms with Gasteiger partial charge in [0, 0.05) is 18.7 Å². The van der Waals surface area contributed by atoms with Gasteiger partial charge in [-0.1, -0.05) is 26.7 Å². The summed E-state index contributed by atoms with van der Waals surface area (Å²) < 4.78 is 2.22. The van der Waals surface area contributed by atoms with Crippen LogP contribution in [-0.4, -0.2) is 22.4 Å². The summed E-state index contributed by atoms with van der Waals surface area (Å²) in [6, 6.07) is 3.50. The van der Waals surface area contributed by atoms with Gasteiger partial charge in [0.2, 0.25) is 0 Å². The fourth-order valence-electron chi connectivity index (χ4n) is 3.42. The van der Waals surface area contributed by atoms with Gasteiger partial charge < -0.3 is 5.32 Å². The van der Waals surface area contributed by atoms with Crippen LogP contribution in [0.25, 0.3) is 0 Å². The standard InChI is InChI=1S/C16H27N3/c1-3-17-15(16(2)9-10-16)12-13-8-11-19(18-13)14-6-4-5-7-14/h8,11,14-15,17H,3-7,9-10,12H2,1-2H3. The van der Waals surface area contributed by atoms with E-state index in [0.717, 1.165) is 13.0 Å². The van der Waals surface area contributed by atoms with Crippen LogP contribution < -0.4 is 5.32 Å². The molecule has 1 N–H and O–H groups in total. The van der Waals surface area contributed by atoms with Gasteiger partial charge in [0.05, 0.1) is 11.7 Å². The number of hydrogen-bond donors (Lipinski definition) is 1. The van der Waals surface area contributed by atoms with E-state index in [1.54, 1.807) is 0 Å². The minimum atomic E-state index is 0.521. The molecular formula is C16H27N3. The molecule has 1 aromatic rings. The van der Waals surface area contributed by atoms with Crippen LogP contribution in [0.3, 0.4) is 0 Å². The first kappa shape index (κ1) is 13.2. The monoisotopic (exact) mass is 261 g/mol. The molecule has 0 bridgehead atoms. The van der Waals surface area contributed by atoms with Gasteiger partial charge in [0.15, 0.2) is 0 Å². The largest absolute Gasteiger partial charge is 0.313 e. The van der Waals surface area contributed by atoms with Crippen molar-refractivity contribution < 1.29 is 0 Å². The third-order valence-corrected chi connectivity index (χ3v) is 5.11. The Morgan fingerprint density at radius 1 is 1.42 bits per heavy atom. The third kappa shape index (κ3) is 2.86. The van der Waals surface area contributed by atoms with Gasteiger partial charge in [-0.05, 0) is 43.7 Å². The van der Waals surface area contributed by atoms with Crippen molar-refractivity contribution in [2.24, 2.45) is 5.41 Å².